The molecule has 4 heavy (non-hydrogen) atoms. The molecule has 0 aromatic rings. The van der Waals surface area contributed by atoms with E-state index in [9.17, 15) is 0 Å². The average molecular weight is 75.2 g/mol. The molecule has 0 aromatic heterocycles. The molecule has 0 fully saturated rings. The molecule has 1 nitrogen and oxygen atoms in total. The van der Waals surface area contributed by atoms with E-state index in [-0.39, 0.29) is 5.73 Å². The lowest BCUT2D eigenvalue weighted by molar-refractivity contribution is 0.276. The van der Waals surface area contributed by atoms with Gasteiger partial charge in [-0.05, 0) is 6.92 Å². The Balaban J connectivity index is 2.32. The van der Waals surface area contributed by atoms with Gasteiger partial charge in [0.15, 0.2) is 0 Å². The van der Waals surface area contributed by atoms with Gasteiger partial charge in [-0.1, -0.05) is 0 Å². The molecule has 1 unspecified atom stereocenters. The molecular formula is C2H7OSi. The van der Waals surface area contributed by atoms with Crippen molar-refractivity contribution in [2.75, 3.05) is 0 Å². The van der Waals surface area contributed by atoms with Crippen molar-refractivity contribution in [3.63, 3.8) is 0 Å². The molecule has 2 heteroatoms. The Morgan fingerprint density at radius 2 is 2.00 bits per heavy atom. The maximum atomic E-state index is 8.07. The summed E-state index contributed by atoms with van der Waals surface area (Å²) in [6.45, 7) is 1.73. The van der Waals surface area contributed by atoms with Gasteiger partial charge in [-0.25, -0.2) is 0 Å². The first-order valence-electron chi connectivity index (χ1n) is 1.24. The lowest BCUT2D eigenvalue weighted by Crippen LogP contribution is -1.94. The van der Waals surface area contributed by atoms with Gasteiger partial charge in [-0.3, -0.25) is 0 Å². The normalized spacial score (nSPS) is 15.8. The number of aliphatic hydroxyl groups excluding tert-OH is 1. The van der Waals surface area contributed by atoms with Gasteiger partial charge in [0.2, 0.25) is 0 Å². The third-order valence-electron chi connectivity index (χ3n) is 0. The molecule has 0 aliphatic carbocycles. The zero-order valence-electron chi connectivity index (χ0n) is 2.73. The van der Waals surface area contributed by atoms with Crippen molar-refractivity contribution in [2.24, 2.45) is 0 Å². The van der Waals surface area contributed by atoms with Crippen molar-refractivity contribution in [2.45, 2.75) is 12.7 Å². The molecule has 0 amide bonds. The standard InChI is InChI=1S/C2H7OSi/c1-2(3)4/h2-3H,4H2,1H3. The molecule has 1 N–H and O–H groups in total. The first-order valence-corrected chi connectivity index (χ1v) is 2.06. The van der Waals surface area contributed by atoms with E-state index in [1.807, 2.05) is 0 Å². The molecule has 0 bridgehead atoms. The molecule has 0 aliphatic rings. The molecule has 0 saturated carbocycles. The first-order chi connectivity index (χ1) is 1.73. The SMILES string of the molecule is CC(O)[SiH2]. The number of rotatable bonds is 0. The summed E-state index contributed by atoms with van der Waals surface area (Å²) < 4.78 is 0. The predicted octanol–water partition coefficient (Wildman–Crippen LogP) is -1.04. The van der Waals surface area contributed by atoms with Gasteiger partial charge in [-0.2, -0.15) is 0 Å². The summed E-state index contributed by atoms with van der Waals surface area (Å²) in [5.74, 6) is 0. The smallest absolute Gasteiger partial charge is 0.0460 e. The minimum Gasteiger partial charge on any atom is -0.398 e. The first kappa shape index (κ1) is 4.18. The minimum atomic E-state index is -0.139. The van der Waals surface area contributed by atoms with E-state index in [0.717, 1.165) is 0 Å². The van der Waals surface area contributed by atoms with Crippen LogP contribution in [0.15, 0.2) is 0 Å². The maximum Gasteiger partial charge on any atom is 0.0460 e. The maximum absolute atomic E-state index is 8.07. The van der Waals surface area contributed by atoms with E-state index in [1.165, 1.54) is 0 Å². The average Bonchev–Trinajstić information content (AvgIpc) is 0.811. The minimum absolute atomic E-state index is 0.139. The fourth-order valence-electron chi connectivity index (χ4n) is 0. The van der Waals surface area contributed by atoms with Crippen LogP contribution in [0.3, 0.4) is 0 Å². The summed E-state index contributed by atoms with van der Waals surface area (Å²) in [6.07, 6.45) is 0. The van der Waals surface area contributed by atoms with Crippen LogP contribution < -0.4 is 0 Å². The Kier molecular flexibility index (Phi) is 1.56. The fourth-order valence-corrected chi connectivity index (χ4v) is 0. The van der Waals surface area contributed by atoms with Crippen LogP contribution in [0.5, 0.6) is 0 Å². The van der Waals surface area contributed by atoms with Crippen LogP contribution in [-0.4, -0.2) is 21.1 Å². The van der Waals surface area contributed by atoms with Crippen molar-refractivity contribution >= 4 is 10.2 Å². The quantitative estimate of drug-likeness (QED) is 0.365. The highest BCUT2D eigenvalue weighted by molar-refractivity contribution is 6.10. The summed E-state index contributed by atoms with van der Waals surface area (Å²) in [4.78, 5) is 0. The van der Waals surface area contributed by atoms with Crippen LogP contribution in [0.25, 0.3) is 0 Å². The summed E-state index contributed by atoms with van der Waals surface area (Å²) in [6, 6.07) is 0. The number of hydrogen-bond acceptors (Lipinski definition) is 1. The molecule has 1 radical (unpaired) electrons. The lowest BCUT2D eigenvalue weighted by Gasteiger charge is -1.79. The van der Waals surface area contributed by atoms with E-state index < -0.39 is 0 Å². The predicted molar refractivity (Wildman–Crippen MR) is 20.2 cm³/mol. The molecule has 0 heterocycles. The van der Waals surface area contributed by atoms with Crippen LogP contribution in [-0.2, 0) is 0 Å². The molecule has 0 aliphatic heterocycles. The Morgan fingerprint density at radius 3 is 2.00 bits per heavy atom. The van der Waals surface area contributed by atoms with Crippen LogP contribution in [0, 0.1) is 0 Å². The van der Waals surface area contributed by atoms with E-state index >= 15 is 0 Å². The van der Waals surface area contributed by atoms with Gasteiger partial charge in [0, 0.05) is 16.0 Å². The largest absolute Gasteiger partial charge is 0.398 e. The van der Waals surface area contributed by atoms with Crippen molar-refractivity contribution in [3.8, 4) is 0 Å². The Hall–Kier alpha value is 0.177. The third-order valence-corrected chi connectivity index (χ3v) is 0. The fraction of sp³-hybridized carbons (Fsp3) is 1.00. The highest BCUT2D eigenvalue weighted by Gasteiger charge is 1.69. The Labute approximate surface area is 29.1 Å². The second-order valence-corrected chi connectivity index (χ2v) is 2.03. The van der Waals surface area contributed by atoms with Gasteiger partial charge in [0.1, 0.15) is 0 Å². The topological polar surface area (TPSA) is 20.2 Å². The van der Waals surface area contributed by atoms with Gasteiger partial charge in [-0.15, -0.1) is 0 Å². The summed E-state index contributed by atoms with van der Waals surface area (Å²) in [7, 11) is 1.56. The van der Waals surface area contributed by atoms with Crippen LogP contribution in [0.2, 0.25) is 0 Å². The molecule has 1 atom stereocenters. The molecule has 25 valence electrons. The summed E-state index contributed by atoms with van der Waals surface area (Å²) >= 11 is 0. The second kappa shape index (κ2) is 1.49. The number of aliphatic hydroxyl groups is 1. The van der Waals surface area contributed by atoms with Gasteiger partial charge >= 0.3 is 0 Å². The van der Waals surface area contributed by atoms with E-state index in [1.54, 1.807) is 17.2 Å². The van der Waals surface area contributed by atoms with Crippen LogP contribution in [0.1, 0.15) is 6.92 Å². The van der Waals surface area contributed by atoms with E-state index in [4.69, 9.17) is 5.11 Å². The summed E-state index contributed by atoms with van der Waals surface area (Å²) in [5, 5.41) is 8.07. The van der Waals surface area contributed by atoms with Crippen molar-refractivity contribution in [1.82, 2.24) is 0 Å². The molecule has 0 spiro atoms. The highest BCUT2D eigenvalue weighted by atomic mass is 28.1. The summed E-state index contributed by atoms with van der Waals surface area (Å²) in [5.41, 5.74) is -0.139. The zero-order chi connectivity index (χ0) is 3.58. The van der Waals surface area contributed by atoms with Gasteiger partial charge < -0.3 is 5.11 Å². The lowest BCUT2D eigenvalue weighted by atomic mass is 10.9. The highest BCUT2D eigenvalue weighted by Crippen LogP contribution is 1.56. The molecule has 0 rings (SSSR count). The van der Waals surface area contributed by atoms with Crippen molar-refractivity contribution < 1.29 is 5.11 Å². The van der Waals surface area contributed by atoms with Gasteiger partial charge in [0.25, 0.3) is 0 Å². The van der Waals surface area contributed by atoms with E-state index in [2.05, 4.69) is 0 Å². The van der Waals surface area contributed by atoms with Crippen LogP contribution in [0.4, 0.5) is 0 Å². The van der Waals surface area contributed by atoms with Gasteiger partial charge in [0.05, 0.1) is 0 Å². The second-order valence-electron chi connectivity index (χ2n) is 0.849. The van der Waals surface area contributed by atoms with Crippen LogP contribution >= 0.6 is 0 Å². The molecule has 0 aromatic carbocycles. The number of hydrogen-bond donors (Lipinski definition) is 1. The Morgan fingerprint density at radius 1 is 2.00 bits per heavy atom. The monoisotopic (exact) mass is 75.0 g/mol. The molecular weight excluding hydrogens is 68.1 g/mol. The van der Waals surface area contributed by atoms with E-state index in [0.29, 0.717) is 0 Å². The molecule has 0 saturated heterocycles. The third kappa shape index (κ3) is 96.4. The van der Waals surface area contributed by atoms with Crippen molar-refractivity contribution in [3.05, 3.63) is 0 Å². The Bertz CT molecular complexity index is 10.8. The zero-order valence-corrected chi connectivity index (χ0v) is 4.15. The van der Waals surface area contributed by atoms with Crippen molar-refractivity contribution in [1.29, 1.82) is 0 Å².